The summed E-state index contributed by atoms with van der Waals surface area (Å²) in [5.41, 5.74) is 2.28. The van der Waals surface area contributed by atoms with Gasteiger partial charge >= 0.3 is 0 Å². The largest absolute Gasteiger partial charge is 0.347 e. The van der Waals surface area contributed by atoms with E-state index in [1.165, 1.54) is 6.92 Å². The molecule has 6 nitrogen and oxygen atoms in total. The predicted molar refractivity (Wildman–Crippen MR) is 86.5 cm³/mol. The minimum Gasteiger partial charge on any atom is -0.347 e. The van der Waals surface area contributed by atoms with Crippen LogP contribution in [0.4, 0.5) is 0 Å². The van der Waals surface area contributed by atoms with Crippen molar-refractivity contribution in [3.63, 3.8) is 0 Å². The van der Waals surface area contributed by atoms with E-state index in [0.29, 0.717) is 5.92 Å². The van der Waals surface area contributed by atoms with Crippen LogP contribution in [0.2, 0.25) is 0 Å². The Hall–Kier alpha value is -2.37. The van der Waals surface area contributed by atoms with E-state index in [9.17, 15) is 14.4 Å². The molecular weight excluding hydrogens is 294 g/mol. The zero-order chi connectivity index (χ0) is 16.8. The molecule has 3 N–H and O–H groups in total. The van der Waals surface area contributed by atoms with Gasteiger partial charge in [-0.3, -0.25) is 14.4 Å². The molecule has 0 spiro atoms. The zero-order valence-corrected chi connectivity index (χ0v) is 13.5. The molecule has 1 saturated carbocycles. The van der Waals surface area contributed by atoms with E-state index >= 15 is 0 Å². The van der Waals surface area contributed by atoms with Gasteiger partial charge in [0.15, 0.2) is 0 Å². The maximum atomic E-state index is 12.1. The number of nitrogens with one attached hydrogen (secondary N) is 3. The summed E-state index contributed by atoms with van der Waals surface area (Å²) in [6.07, 6.45) is 2.21. The van der Waals surface area contributed by atoms with Gasteiger partial charge < -0.3 is 16.0 Å². The fourth-order valence-corrected chi connectivity index (χ4v) is 2.49. The molecule has 0 bridgehead atoms. The van der Waals surface area contributed by atoms with Gasteiger partial charge in [0.05, 0.1) is 19.1 Å². The smallest absolute Gasteiger partial charge is 0.239 e. The maximum Gasteiger partial charge on any atom is 0.239 e. The summed E-state index contributed by atoms with van der Waals surface area (Å²) in [6.45, 7) is 3.16. The topological polar surface area (TPSA) is 87.3 Å². The Morgan fingerprint density at radius 1 is 1.09 bits per heavy atom. The minimum absolute atomic E-state index is 0.00375. The second-order valence-corrected chi connectivity index (χ2v) is 5.93. The highest BCUT2D eigenvalue weighted by Gasteiger charge is 2.34. The summed E-state index contributed by atoms with van der Waals surface area (Å²) in [6, 6.07) is 8.02. The Balaban J connectivity index is 1.86. The van der Waals surface area contributed by atoms with E-state index in [1.54, 1.807) is 0 Å². The summed E-state index contributed by atoms with van der Waals surface area (Å²) in [5.74, 6) is -0.413. The van der Waals surface area contributed by atoms with Gasteiger partial charge in [0.1, 0.15) is 0 Å². The lowest BCUT2D eigenvalue weighted by Crippen LogP contribution is -2.42. The molecule has 0 aliphatic heterocycles. The lowest BCUT2D eigenvalue weighted by atomic mass is 9.97. The standard InChI is InChI=1S/C17H23N3O3/c1-11-5-3-4-6-14(11)17(13-7-8-13)20-16(23)10-19-15(22)9-18-12(2)21/h3-6,13,17H,7-10H2,1-2H3,(H,18,21)(H,19,22)(H,20,23)/t17-/m0/s1. The summed E-state index contributed by atoms with van der Waals surface area (Å²) >= 11 is 0. The Morgan fingerprint density at radius 3 is 2.35 bits per heavy atom. The molecule has 1 atom stereocenters. The number of carbonyl (C=O) groups is 3. The number of hydrogen-bond donors (Lipinski definition) is 3. The van der Waals surface area contributed by atoms with Gasteiger partial charge in [-0.2, -0.15) is 0 Å². The van der Waals surface area contributed by atoms with Crippen molar-refractivity contribution in [2.45, 2.75) is 32.7 Å². The first-order valence-electron chi connectivity index (χ1n) is 7.83. The summed E-state index contributed by atoms with van der Waals surface area (Å²) < 4.78 is 0. The van der Waals surface area contributed by atoms with E-state index in [1.807, 2.05) is 31.2 Å². The van der Waals surface area contributed by atoms with Crippen LogP contribution in [0.5, 0.6) is 0 Å². The third-order valence-electron chi connectivity index (χ3n) is 3.88. The average molecular weight is 317 g/mol. The van der Waals surface area contributed by atoms with Gasteiger partial charge in [0.2, 0.25) is 17.7 Å². The molecule has 0 saturated heterocycles. The molecule has 0 aromatic heterocycles. The molecule has 0 radical (unpaired) electrons. The number of amides is 3. The van der Waals surface area contributed by atoms with Crippen LogP contribution in [-0.4, -0.2) is 30.8 Å². The lowest BCUT2D eigenvalue weighted by molar-refractivity contribution is -0.127. The third-order valence-corrected chi connectivity index (χ3v) is 3.88. The molecule has 124 valence electrons. The van der Waals surface area contributed by atoms with Crippen molar-refractivity contribution in [2.24, 2.45) is 5.92 Å². The summed E-state index contributed by atoms with van der Waals surface area (Å²) in [4.78, 5) is 34.3. The van der Waals surface area contributed by atoms with Crippen molar-refractivity contribution in [1.82, 2.24) is 16.0 Å². The quantitative estimate of drug-likeness (QED) is 0.695. The van der Waals surface area contributed by atoms with E-state index < -0.39 is 0 Å². The van der Waals surface area contributed by atoms with Crippen molar-refractivity contribution in [1.29, 1.82) is 0 Å². The van der Waals surface area contributed by atoms with Crippen LogP contribution in [0.15, 0.2) is 24.3 Å². The van der Waals surface area contributed by atoms with Crippen LogP contribution in [0.3, 0.4) is 0 Å². The van der Waals surface area contributed by atoms with Crippen LogP contribution >= 0.6 is 0 Å². The second kappa shape index (κ2) is 7.76. The molecule has 23 heavy (non-hydrogen) atoms. The molecule has 1 aromatic rings. The molecule has 1 fully saturated rings. The molecule has 0 unspecified atom stereocenters. The van der Waals surface area contributed by atoms with E-state index in [-0.39, 0.29) is 36.9 Å². The Morgan fingerprint density at radius 2 is 1.74 bits per heavy atom. The van der Waals surface area contributed by atoms with Crippen molar-refractivity contribution in [3.8, 4) is 0 Å². The first-order valence-corrected chi connectivity index (χ1v) is 7.83. The third kappa shape index (κ3) is 5.39. The molecule has 6 heteroatoms. The highest BCUT2D eigenvalue weighted by molar-refractivity contribution is 5.87. The van der Waals surface area contributed by atoms with Crippen LogP contribution in [0, 0.1) is 12.8 Å². The van der Waals surface area contributed by atoms with E-state index in [2.05, 4.69) is 16.0 Å². The lowest BCUT2D eigenvalue weighted by Gasteiger charge is -2.21. The molecule has 1 aliphatic carbocycles. The Bertz CT molecular complexity index is 597. The van der Waals surface area contributed by atoms with E-state index in [4.69, 9.17) is 0 Å². The minimum atomic E-state index is -0.380. The van der Waals surface area contributed by atoms with Crippen molar-refractivity contribution < 1.29 is 14.4 Å². The monoisotopic (exact) mass is 317 g/mol. The van der Waals surface area contributed by atoms with Crippen molar-refractivity contribution in [2.75, 3.05) is 13.1 Å². The molecule has 0 heterocycles. The van der Waals surface area contributed by atoms with Crippen molar-refractivity contribution >= 4 is 17.7 Å². The van der Waals surface area contributed by atoms with Gasteiger partial charge in [-0.15, -0.1) is 0 Å². The highest BCUT2D eigenvalue weighted by atomic mass is 16.2. The molecular formula is C17H23N3O3. The van der Waals surface area contributed by atoms with Gasteiger partial charge in [-0.05, 0) is 36.8 Å². The number of aryl methyl sites for hydroxylation is 1. The van der Waals surface area contributed by atoms with E-state index in [0.717, 1.165) is 24.0 Å². The number of carbonyl (C=O) groups excluding carboxylic acids is 3. The first-order chi connectivity index (χ1) is 11.0. The Labute approximate surface area is 136 Å². The number of rotatable bonds is 7. The normalized spacial score (nSPS) is 14.7. The average Bonchev–Trinajstić information content (AvgIpc) is 3.34. The van der Waals surface area contributed by atoms with Crippen LogP contribution < -0.4 is 16.0 Å². The zero-order valence-electron chi connectivity index (χ0n) is 13.5. The molecule has 3 amide bonds. The SMILES string of the molecule is CC(=O)NCC(=O)NCC(=O)N[C@H](c1ccccc1C)C1CC1. The first kappa shape index (κ1) is 17.0. The number of benzene rings is 1. The molecule has 1 aromatic carbocycles. The van der Waals surface area contributed by atoms with Gasteiger partial charge in [0.25, 0.3) is 0 Å². The fourth-order valence-electron chi connectivity index (χ4n) is 2.49. The maximum absolute atomic E-state index is 12.1. The second-order valence-electron chi connectivity index (χ2n) is 5.93. The van der Waals surface area contributed by atoms with Crippen LogP contribution in [-0.2, 0) is 14.4 Å². The van der Waals surface area contributed by atoms with Crippen molar-refractivity contribution in [3.05, 3.63) is 35.4 Å². The summed E-state index contributed by atoms with van der Waals surface area (Å²) in [7, 11) is 0. The fraction of sp³-hybridized carbons (Fsp3) is 0.471. The van der Waals surface area contributed by atoms with Gasteiger partial charge in [-0.1, -0.05) is 24.3 Å². The highest BCUT2D eigenvalue weighted by Crippen LogP contribution is 2.41. The summed E-state index contributed by atoms with van der Waals surface area (Å²) in [5, 5.41) is 7.91. The van der Waals surface area contributed by atoms with Crippen LogP contribution in [0.1, 0.15) is 36.9 Å². The van der Waals surface area contributed by atoms with Gasteiger partial charge in [0, 0.05) is 6.92 Å². The van der Waals surface area contributed by atoms with Gasteiger partial charge in [-0.25, -0.2) is 0 Å². The number of hydrogen-bond acceptors (Lipinski definition) is 3. The molecule has 2 rings (SSSR count). The predicted octanol–water partition coefficient (Wildman–Crippen LogP) is 0.815. The Kier molecular flexibility index (Phi) is 5.73. The van der Waals surface area contributed by atoms with Crippen LogP contribution in [0.25, 0.3) is 0 Å². The molecule has 1 aliphatic rings.